The van der Waals surface area contributed by atoms with E-state index < -0.39 is 17.8 Å². The molecule has 2 amide bonds. The maximum absolute atomic E-state index is 12.9. The fourth-order valence-electron chi connectivity index (χ4n) is 3.75. The van der Waals surface area contributed by atoms with Crippen molar-refractivity contribution in [2.75, 3.05) is 22.1 Å². The second-order valence-electron chi connectivity index (χ2n) is 8.34. The quantitative estimate of drug-likeness (QED) is 0.457. The van der Waals surface area contributed by atoms with E-state index in [0.29, 0.717) is 31.0 Å². The van der Waals surface area contributed by atoms with Gasteiger partial charge in [0.05, 0.1) is 5.56 Å². The third kappa shape index (κ3) is 5.59. The van der Waals surface area contributed by atoms with Crippen LogP contribution in [0.3, 0.4) is 0 Å². The van der Waals surface area contributed by atoms with Crippen molar-refractivity contribution in [3.05, 3.63) is 77.5 Å². The fourth-order valence-corrected chi connectivity index (χ4v) is 3.75. The summed E-state index contributed by atoms with van der Waals surface area (Å²) in [5, 5.41) is 5.82. The summed E-state index contributed by atoms with van der Waals surface area (Å²) in [7, 11) is 0. The second kappa shape index (κ2) is 9.62. The number of hydrogen-bond donors (Lipinski definition) is 2. The lowest BCUT2D eigenvalue weighted by atomic mass is 10.1. The number of fused-ring (bicyclic) bond motifs is 1. The second-order valence-corrected chi connectivity index (χ2v) is 8.34. The van der Waals surface area contributed by atoms with Gasteiger partial charge in [-0.1, -0.05) is 6.07 Å². The Kier molecular flexibility index (Phi) is 6.63. The zero-order valence-electron chi connectivity index (χ0n) is 18.8. The van der Waals surface area contributed by atoms with E-state index in [1.165, 1.54) is 17.0 Å². The molecule has 178 valence electrons. The summed E-state index contributed by atoms with van der Waals surface area (Å²) in [6.45, 7) is 4.88. The molecule has 1 aliphatic heterocycles. The van der Waals surface area contributed by atoms with Crippen LogP contribution in [-0.2, 0) is 19.2 Å². The van der Waals surface area contributed by atoms with Gasteiger partial charge in [0.1, 0.15) is 18.2 Å². The highest BCUT2D eigenvalue weighted by atomic mass is 19.4. The first-order chi connectivity index (χ1) is 16.2. The van der Waals surface area contributed by atoms with Crippen molar-refractivity contribution in [3.63, 3.8) is 0 Å². The number of carbonyl (C=O) groups is 1. The van der Waals surface area contributed by atoms with Gasteiger partial charge in [-0.15, -0.1) is 0 Å². The first-order valence-corrected chi connectivity index (χ1v) is 10.9. The largest absolute Gasteiger partial charge is 0.489 e. The zero-order chi connectivity index (χ0) is 24.3. The molecular formula is C25H25F3N4O2. The molecule has 0 spiro atoms. The SMILES string of the molecule is CC(C)Nc1cc(COc2ccc3c(c2)CCN3C(=O)Nc2cccc(C(F)(F)F)c2)ccn1. The molecule has 0 fully saturated rings. The first kappa shape index (κ1) is 23.4. The number of pyridine rings is 1. The summed E-state index contributed by atoms with van der Waals surface area (Å²) < 4.78 is 44.8. The average molecular weight is 470 g/mol. The number of urea groups is 1. The Morgan fingerprint density at radius 2 is 1.97 bits per heavy atom. The van der Waals surface area contributed by atoms with Gasteiger partial charge in [0, 0.05) is 30.2 Å². The number of nitrogens with zero attached hydrogens (tertiary/aromatic N) is 2. The van der Waals surface area contributed by atoms with Crippen LogP contribution >= 0.6 is 0 Å². The molecule has 0 saturated carbocycles. The van der Waals surface area contributed by atoms with Crippen molar-refractivity contribution >= 4 is 23.2 Å². The summed E-state index contributed by atoms with van der Waals surface area (Å²) in [5.74, 6) is 1.46. The van der Waals surface area contributed by atoms with Crippen LogP contribution in [0.5, 0.6) is 5.75 Å². The van der Waals surface area contributed by atoms with Crippen LogP contribution in [0.25, 0.3) is 0 Å². The number of anilines is 3. The number of carbonyl (C=O) groups excluding carboxylic acids is 1. The van der Waals surface area contributed by atoms with Gasteiger partial charge in [-0.25, -0.2) is 9.78 Å². The molecule has 34 heavy (non-hydrogen) atoms. The van der Waals surface area contributed by atoms with Crippen LogP contribution in [0.4, 0.5) is 35.2 Å². The first-order valence-electron chi connectivity index (χ1n) is 10.9. The monoisotopic (exact) mass is 470 g/mol. The Labute approximate surface area is 195 Å². The topological polar surface area (TPSA) is 66.5 Å². The van der Waals surface area contributed by atoms with E-state index >= 15 is 0 Å². The van der Waals surface area contributed by atoms with Crippen molar-refractivity contribution in [1.82, 2.24) is 4.98 Å². The van der Waals surface area contributed by atoms with E-state index in [4.69, 9.17) is 4.74 Å². The number of hydrogen-bond acceptors (Lipinski definition) is 4. The minimum atomic E-state index is -4.47. The predicted octanol–water partition coefficient (Wildman–Crippen LogP) is 6.09. The molecule has 0 radical (unpaired) electrons. The van der Waals surface area contributed by atoms with Gasteiger partial charge < -0.3 is 15.4 Å². The molecule has 1 aromatic heterocycles. The van der Waals surface area contributed by atoms with Crippen molar-refractivity contribution < 1.29 is 22.7 Å². The Bertz CT molecular complexity index is 1180. The summed E-state index contributed by atoms with van der Waals surface area (Å²) in [6.07, 6.45) is -2.12. The Morgan fingerprint density at radius 1 is 1.15 bits per heavy atom. The van der Waals surface area contributed by atoms with Crippen molar-refractivity contribution in [3.8, 4) is 5.75 Å². The van der Waals surface area contributed by atoms with Crippen molar-refractivity contribution in [2.24, 2.45) is 0 Å². The van der Waals surface area contributed by atoms with E-state index in [-0.39, 0.29) is 11.7 Å². The lowest BCUT2D eigenvalue weighted by Crippen LogP contribution is -2.33. The number of ether oxygens (including phenoxy) is 1. The fraction of sp³-hybridized carbons (Fsp3) is 0.280. The van der Waals surface area contributed by atoms with Crippen molar-refractivity contribution in [2.45, 2.75) is 39.1 Å². The molecule has 0 unspecified atom stereocenters. The number of rotatable bonds is 6. The summed E-state index contributed by atoms with van der Waals surface area (Å²) in [5.41, 5.74) is 1.91. The Balaban J connectivity index is 1.40. The number of amides is 2. The van der Waals surface area contributed by atoms with Crippen LogP contribution < -0.4 is 20.3 Å². The lowest BCUT2D eigenvalue weighted by molar-refractivity contribution is -0.137. The molecule has 2 aromatic carbocycles. The molecular weight excluding hydrogens is 445 g/mol. The lowest BCUT2D eigenvalue weighted by Gasteiger charge is -2.19. The van der Waals surface area contributed by atoms with Crippen LogP contribution in [0, 0.1) is 0 Å². The van der Waals surface area contributed by atoms with Gasteiger partial charge in [0.25, 0.3) is 0 Å². The molecule has 4 rings (SSSR count). The van der Waals surface area contributed by atoms with Gasteiger partial charge in [-0.05, 0) is 79.9 Å². The van der Waals surface area contributed by atoms with Gasteiger partial charge >= 0.3 is 12.2 Å². The highest BCUT2D eigenvalue weighted by molar-refractivity contribution is 6.03. The molecule has 3 aromatic rings. The molecule has 0 bridgehead atoms. The van der Waals surface area contributed by atoms with E-state index in [0.717, 1.165) is 29.1 Å². The van der Waals surface area contributed by atoms with Gasteiger partial charge in [-0.3, -0.25) is 4.90 Å². The average Bonchev–Trinajstić information content (AvgIpc) is 3.20. The number of aromatic nitrogens is 1. The molecule has 0 aliphatic carbocycles. The zero-order valence-corrected chi connectivity index (χ0v) is 18.8. The summed E-state index contributed by atoms with van der Waals surface area (Å²) in [4.78, 5) is 18.5. The Morgan fingerprint density at radius 3 is 2.74 bits per heavy atom. The van der Waals surface area contributed by atoms with E-state index in [9.17, 15) is 18.0 Å². The van der Waals surface area contributed by atoms with E-state index in [1.54, 1.807) is 18.3 Å². The Hall–Kier alpha value is -3.75. The van der Waals surface area contributed by atoms with Crippen molar-refractivity contribution in [1.29, 1.82) is 0 Å². The molecule has 0 atom stereocenters. The van der Waals surface area contributed by atoms with Gasteiger partial charge in [0.15, 0.2) is 0 Å². The maximum Gasteiger partial charge on any atom is 0.416 e. The number of alkyl halides is 3. The van der Waals surface area contributed by atoms with Gasteiger partial charge in [0.2, 0.25) is 0 Å². The summed E-state index contributed by atoms with van der Waals surface area (Å²) in [6, 6.07) is 13.7. The minimum absolute atomic E-state index is 0.0944. The predicted molar refractivity (Wildman–Crippen MR) is 125 cm³/mol. The molecule has 6 nitrogen and oxygen atoms in total. The molecule has 0 saturated heterocycles. The van der Waals surface area contributed by atoms with Crippen LogP contribution in [0.15, 0.2) is 60.8 Å². The van der Waals surface area contributed by atoms with Crippen LogP contribution in [-0.4, -0.2) is 23.6 Å². The molecule has 2 N–H and O–H groups in total. The minimum Gasteiger partial charge on any atom is -0.489 e. The molecule has 2 heterocycles. The molecule has 9 heteroatoms. The van der Waals surface area contributed by atoms with E-state index in [1.807, 2.05) is 32.0 Å². The molecule has 1 aliphatic rings. The smallest absolute Gasteiger partial charge is 0.416 e. The highest BCUT2D eigenvalue weighted by Crippen LogP contribution is 2.33. The van der Waals surface area contributed by atoms with Crippen LogP contribution in [0.1, 0.15) is 30.5 Å². The standard InChI is InChI=1S/C25H25F3N4O2/c1-16(2)30-23-12-17(8-10-29-23)15-34-21-6-7-22-18(13-21)9-11-32(22)24(33)31-20-5-3-4-19(14-20)25(26,27)28/h3-8,10,12-14,16H,9,11,15H2,1-2H3,(H,29,30)(H,31,33). The maximum atomic E-state index is 12.9. The summed E-state index contributed by atoms with van der Waals surface area (Å²) >= 11 is 0. The number of halogens is 3. The third-order valence-corrected chi connectivity index (χ3v) is 5.30. The number of benzene rings is 2. The van der Waals surface area contributed by atoms with E-state index in [2.05, 4.69) is 15.6 Å². The third-order valence-electron chi connectivity index (χ3n) is 5.30. The van der Waals surface area contributed by atoms with Gasteiger partial charge in [-0.2, -0.15) is 13.2 Å². The highest BCUT2D eigenvalue weighted by Gasteiger charge is 2.31. The normalized spacial score (nSPS) is 13.1. The number of nitrogens with one attached hydrogen (secondary N) is 2. The van der Waals surface area contributed by atoms with Crippen LogP contribution in [0.2, 0.25) is 0 Å².